The number of ether oxygens (including phenoxy) is 1. The SMILES string of the molecule is CCOc1c(F)cc([N+](=O)[O-])cc1C(C)=O. The molecule has 0 unspecified atom stereocenters. The van der Waals surface area contributed by atoms with Crippen LogP contribution >= 0.6 is 0 Å². The van der Waals surface area contributed by atoms with Gasteiger partial charge in [-0.05, 0) is 13.8 Å². The van der Waals surface area contributed by atoms with Crippen LogP contribution in [0.5, 0.6) is 5.75 Å². The highest BCUT2D eigenvalue weighted by molar-refractivity contribution is 5.97. The largest absolute Gasteiger partial charge is 0.490 e. The molecule has 16 heavy (non-hydrogen) atoms. The lowest BCUT2D eigenvalue weighted by molar-refractivity contribution is -0.385. The average Bonchev–Trinajstić information content (AvgIpc) is 2.20. The van der Waals surface area contributed by atoms with Crippen LogP contribution in [0.3, 0.4) is 0 Å². The predicted molar refractivity (Wildman–Crippen MR) is 54.2 cm³/mol. The van der Waals surface area contributed by atoms with Gasteiger partial charge >= 0.3 is 0 Å². The van der Waals surface area contributed by atoms with E-state index < -0.39 is 22.2 Å². The van der Waals surface area contributed by atoms with Gasteiger partial charge in [0.05, 0.1) is 23.2 Å². The molecular weight excluding hydrogens is 217 g/mol. The van der Waals surface area contributed by atoms with E-state index in [4.69, 9.17) is 4.74 Å². The van der Waals surface area contributed by atoms with Crippen molar-refractivity contribution in [2.45, 2.75) is 13.8 Å². The third-order valence-electron chi connectivity index (χ3n) is 1.91. The molecule has 0 bridgehead atoms. The van der Waals surface area contributed by atoms with Crippen LogP contribution in [0.25, 0.3) is 0 Å². The Morgan fingerprint density at radius 2 is 2.19 bits per heavy atom. The Hall–Kier alpha value is -1.98. The fourth-order valence-corrected chi connectivity index (χ4v) is 1.24. The van der Waals surface area contributed by atoms with Gasteiger partial charge in [0, 0.05) is 6.07 Å². The van der Waals surface area contributed by atoms with E-state index in [2.05, 4.69) is 0 Å². The molecule has 0 fully saturated rings. The predicted octanol–water partition coefficient (Wildman–Crippen LogP) is 2.34. The minimum Gasteiger partial charge on any atom is -0.490 e. The summed E-state index contributed by atoms with van der Waals surface area (Å²) in [5.41, 5.74) is -0.584. The zero-order valence-electron chi connectivity index (χ0n) is 8.82. The molecule has 0 aliphatic rings. The summed E-state index contributed by atoms with van der Waals surface area (Å²) in [5, 5.41) is 10.5. The summed E-state index contributed by atoms with van der Waals surface area (Å²) in [7, 11) is 0. The number of nitrogens with zero attached hydrogens (tertiary/aromatic N) is 1. The maximum atomic E-state index is 13.4. The highest BCUT2D eigenvalue weighted by Crippen LogP contribution is 2.28. The molecule has 0 saturated carbocycles. The van der Waals surface area contributed by atoms with Crippen LogP contribution < -0.4 is 4.74 Å². The summed E-state index contributed by atoms with van der Waals surface area (Å²) in [5.74, 6) is -1.62. The van der Waals surface area contributed by atoms with Gasteiger partial charge in [0.25, 0.3) is 5.69 Å². The highest BCUT2D eigenvalue weighted by atomic mass is 19.1. The van der Waals surface area contributed by atoms with E-state index >= 15 is 0 Å². The lowest BCUT2D eigenvalue weighted by Crippen LogP contribution is -2.04. The second kappa shape index (κ2) is 4.69. The molecule has 0 N–H and O–H groups in total. The standard InChI is InChI=1S/C10H10FNO4/c1-3-16-10-8(6(2)13)4-7(12(14)15)5-9(10)11/h4-5H,3H2,1-2H3. The molecule has 0 aromatic heterocycles. The molecular formula is C10H10FNO4. The number of ketones is 1. The fraction of sp³-hybridized carbons (Fsp3) is 0.300. The smallest absolute Gasteiger partial charge is 0.273 e. The summed E-state index contributed by atoms with van der Waals surface area (Å²) in [6, 6.07) is 1.74. The van der Waals surface area contributed by atoms with Gasteiger partial charge in [0.1, 0.15) is 0 Å². The molecule has 0 amide bonds. The molecule has 0 aliphatic heterocycles. The van der Waals surface area contributed by atoms with Crippen LogP contribution in [0, 0.1) is 15.9 Å². The Bertz CT molecular complexity index is 445. The first-order valence-corrected chi connectivity index (χ1v) is 4.59. The zero-order valence-corrected chi connectivity index (χ0v) is 8.82. The van der Waals surface area contributed by atoms with Gasteiger partial charge in [-0.3, -0.25) is 14.9 Å². The van der Waals surface area contributed by atoms with E-state index in [9.17, 15) is 19.3 Å². The van der Waals surface area contributed by atoms with Crippen LogP contribution in [0.15, 0.2) is 12.1 Å². The summed E-state index contributed by atoms with van der Waals surface area (Å²) >= 11 is 0. The first-order valence-electron chi connectivity index (χ1n) is 4.59. The Kier molecular flexibility index (Phi) is 3.55. The van der Waals surface area contributed by atoms with Crippen molar-refractivity contribution in [3.05, 3.63) is 33.6 Å². The minimum absolute atomic E-state index is 0.117. The van der Waals surface area contributed by atoms with Crippen molar-refractivity contribution in [1.29, 1.82) is 0 Å². The van der Waals surface area contributed by atoms with Gasteiger partial charge in [0.2, 0.25) is 0 Å². The summed E-state index contributed by atoms with van der Waals surface area (Å²) in [6.07, 6.45) is 0. The third-order valence-corrected chi connectivity index (χ3v) is 1.91. The van der Waals surface area contributed by atoms with Crippen LogP contribution in [0.2, 0.25) is 0 Å². The Balaban J connectivity index is 3.39. The lowest BCUT2D eigenvalue weighted by Gasteiger charge is -2.08. The average molecular weight is 227 g/mol. The van der Waals surface area contributed by atoms with Gasteiger partial charge in [-0.2, -0.15) is 0 Å². The normalized spacial score (nSPS) is 9.94. The molecule has 1 aromatic carbocycles. The zero-order chi connectivity index (χ0) is 12.3. The molecule has 0 heterocycles. The Labute approximate surface area is 91.0 Å². The number of carbonyl (C=O) groups excluding carboxylic acids is 1. The monoisotopic (exact) mass is 227 g/mol. The molecule has 5 nitrogen and oxygen atoms in total. The number of hydrogen-bond donors (Lipinski definition) is 0. The summed E-state index contributed by atoms with van der Waals surface area (Å²) in [6.45, 7) is 3.00. The lowest BCUT2D eigenvalue weighted by atomic mass is 10.1. The maximum Gasteiger partial charge on any atom is 0.273 e. The third kappa shape index (κ3) is 2.33. The van der Waals surface area contributed by atoms with E-state index in [1.807, 2.05) is 0 Å². The quantitative estimate of drug-likeness (QED) is 0.449. The van der Waals surface area contributed by atoms with Crippen LogP contribution in [0.1, 0.15) is 24.2 Å². The number of benzene rings is 1. The maximum absolute atomic E-state index is 13.4. The van der Waals surface area contributed by atoms with Crippen molar-refractivity contribution >= 4 is 11.5 Å². The van der Waals surface area contributed by atoms with E-state index in [-0.39, 0.29) is 17.9 Å². The molecule has 0 saturated heterocycles. The number of Topliss-reactive ketones (excluding diaryl/α,β-unsaturated/α-hetero) is 1. The van der Waals surface area contributed by atoms with Crippen molar-refractivity contribution in [2.24, 2.45) is 0 Å². The molecule has 0 aliphatic carbocycles. The number of nitro benzene ring substituents is 1. The summed E-state index contributed by atoms with van der Waals surface area (Å²) < 4.78 is 18.4. The van der Waals surface area contributed by atoms with Crippen LogP contribution in [-0.2, 0) is 0 Å². The number of halogens is 1. The van der Waals surface area contributed by atoms with Crippen molar-refractivity contribution in [3.8, 4) is 5.75 Å². The Morgan fingerprint density at radius 1 is 1.56 bits per heavy atom. The first kappa shape index (κ1) is 12.1. The number of carbonyl (C=O) groups is 1. The summed E-state index contributed by atoms with van der Waals surface area (Å²) in [4.78, 5) is 20.9. The van der Waals surface area contributed by atoms with Gasteiger partial charge in [-0.1, -0.05) is 0 Å². The number of hydrogen-bond acceptors (Lipinski definition) is 4. The molecule has 1 rings (SSSR count). The number of rotatable bonds is 4. The molecule has 86 valence electrons. The van der Waals surface area contributed by atoms with E-state index in [1.54, 1.807) is 6.92 Å². The van der Waals surface area contributed by atoms with Crippen molar-refractivity contribution < 1.29 is 18.8 Å². The van der Waals surface area contributed by atoms with Gasteiger partial charge in [-0.15, -0.1) is 0 Å². The van der Waals surface area contributed by atoms with Crippen LogP contribution in [-0.4, -0.2) is 17.3 Å². The van der Waals surface area contributed by atoms with E-state index in [0.29, 0.717) is 0 Å². The highest BCUT2D eigenvalue weighted by Gasteiger charge is 2.20. The second-order valence-corrected chi connectivity index (χ2v) is 3.05. The van der Waals surface area contributed by atoms with Crippen molar-refractivity contribution in [1.82, 2.24) is 0 Å². The van der Waals surface area contributed by atoms with Crippen molar-refractivity contribution in [2.75, 3.05) is 6.61 Å². The topological polar surface area (TPSA) is 69.4 Å². The van der Waals surface area contributed by atoms with Gasteiger partial charge in [0.15, 0.2) is 17.3 Å². The van der Waals surface area contributed by atoms with Crippen molar-refractivity contribution in [3.63, 3.8) is 0 Å². The van der Waals surface area contributed by atoms with Crippen LogP contribution in [0.4, 0.5) is 10.1 Å². The molecule has 6 heteroatoms. The number of nitro groups is 1. The van der Waals surface area contributed by atoms with Gasteiger partial charge in [-0.25, -0.2) is 4.39 Å². The minimum atomic E-state index is -0.902. The first-order chi connectivity index (χ1) is 7.47. The molecule has 1 aromatic rings. The second-order valence-electron chi connectivity index (χ2n) is 3.05. The van der Waals surface area contributed by atoms with E-state index in [0.717, 1.165) is 12.1 Å². The van der Waals surface area contributed by atoms with Gasteiger partial charge < -0.3 is 4.74 Å². The molecule has 0 spiro atoms. The van der Waals surface area contributed by atoms with E-state index in [1.165, 1.54) is 6.92 Å². The number of non-ortho nitro benzene ring substituents is 1. The molecule has 0 atom stereocenters. The molecule has 0 radical (unpaired) electrons. The fourth-order valence-electron chi connectivity index (χ4n) is 1.24. The Morgan fingerprint density at radius 3 is 2.62 bits per heavy atom.